The quantitative estimate of drug-likeness (QED) is 0.707. The first-order valence-corrected chi connectivity index (χ1v) is 6.52. The molecule has 0 spiro atoms. The lowest BCUT2D eigenvalue weighted by molar-refractivity contribution is -0.121. The van der Waals surface area contributed by atoms with Crippen LogP contribution in [0.3, 0.4) is 0 Å². The monoisotopic (exact) mass is 270 g/mol. The Balaban J connectivity index is 2.82. The van der Waals surface area contributed by atoms with Gasteiger partial charge in [0.05, 0.1) is 17.1 Å². The Labute approximate surface area is 114 Å². The topological polar surface area (TPSA) is 90.7 Å². The Hall–Kier alpha value is -1.08. The van der Waals surface area contributed by atoms with Gasteiger partial charge in [0.25, 0.3) is 0 Å². The highest BCUT2D eigenvalue weighted by Crippen LogP contribution is 2.37. The van der Waals surface area contributed by atoms with E-state index < -0.39 is 30.2 Å². The number of amides is 2. The van der Waals surface area contributed by atoms with Gasteiger partial charge >= 0.3 is 7.12 Å². The van der Waals surface area contributed by atoms with Crippen molar-refractivity contribution < 1.29 is 18.9 Å². The Morgan fingerprint density at radius 2 is 1.68 bits per heavy atom. The van der Waals surface area contributed by atoms with Gasteiger partial charge in [-0.3, -0.25) is 9.59 Å². The minimum absolute atomic E-state index is 0.0113. The Bertz CT molecular complexity index is 355. The van der Waals surface area contributed by atoms with Gasteiger partial charge in [-0.25, -0.2) is 0 Å². The summed E-state index contributed by atoms with van der Waals surface area (Å²) in [5.74, 6) is -1.23. The summed E-state index contributed by atoms with van der Waals surface area (Å²) in [6, 6.07) is 0. The maximum Gasteiger partial charge on any atom is 0.482 e. The lowest BCUT2D eigenvalue weighted by Crippen LogP contribution is -2.49. The molecule has 19 heavy (non-hydrogen) atoms. The van der Waals surface area contributed by atoms with Crippen molar-refractivity contribution in [1.29, 1.82) is 0 Å². The van der Waals surface area contributed by atoms with Crippen LogP contribution in [-0.4, -0.2) is 36.1 Å². The van der Waals surface area contributed by atoms with Crippen molar-refractivity contribution >= 4 is 18.9 Å². The van der Waals surface area contributed by atoms with Crippen LogP contribution in [-0.2, 0) is 18.9 Å². The molecule has 1 atom stereocenters. The summed E-state index contributed by atoms with van der Waals surface area (Å²) in [4.78, 5) is 22.6. The van der Waals surface area contributed by atoms with E-state index in [1.807, 2.05) is 27.7 Å². The summed E-state index contributed by atoms with van der Waals surface area (Å²) in [7, 11) is -0.673. The molecule has 1 saturated heterocycles. The van der Waals surface area contributed by atoms with Gasteiger partial charge in [-0.2, -0.15) is 0 Å². The van der Waals surface area contributed by atoms with Gasteiger partial charge < -0.3 is 20.4 Å². The maximum absolute atomic E-state index is 11.5. The zero-order valence-electron chi connectivity index (χ0n) is 12.3. The van der Waals surface area contributed by atoms with Gasteiger partial charge in [0, 0.05) is 12.8 Å². The molecule has 1 rings (SSSR count). The van der Waals surface area contributed by atoms with E-state index in [0.29, 0.717) is 6.42 Å². The van der Waals surface area contributed by atoms with Gasteiger partial charge in [-0.1, -0.05) is 6.92 Å². The third-order valence-electron chi connectivity index (χ3n) is 3.69. The fourth-order valence-electron chi connectivity index (χ4n) is 1.79. The fourth-order valence-corrected chi connectivity index (χ4v) is 1.79. The molecule has 1 fully saturated rings. The summed E-state index contributed by atoms with van der Waals surface area (Å²) in [5, 5.41) is 2.73. The van der Waals surface area contributed by atoms with Crippen LogP contribution in [0.25, 0.3) is 0 Å². The van der Waals surface area contributed by atoms with Crippen molar-refractivity contribution in [2.24, 2.45) is 5.73 Å². The SMILES string of the molecule is CCC(=O)N[C@@H](CC(N)=O)B1OC(C)(C)C(C)(C)O1. The molecule has 0 aromatic carbocycles. The molecule has 0 aromatic rings. The second-order valence-electron chi connectivity index (χ2n) is 5.82. The number of nitrogens with one attached hydrogen (secondary N) is 1. The third kappa shape index (κ3) is 3.70. The van der Waals surface area contributed by atoms with Crippen LogP contribution in [0, 0.1) is 0 Å². The van der Waals surface area contributed by atoms with Crippen LogP contribution >= 0.6 is 0 Å². The zero-order valence-corrected chi connectivity index (χ0v) is 12.3. The molecule has 6 nitrogen and oxygen atoms in total. The van der Waals surface area contributed by atoms with Gasteiger partial charge in [-0.15, -0.1) is 0 Å². The van der Waals surface area contributed by atoms with E-state index in [1.54, 1.807) is 6.92 Å². The van der Waals surface area contributed by atoms with Crippen LogP contribution in [0.2, 0.25) is 0 Å². The number of primary amides is 1. The van der Waals surface area contributed by atoms with Crippen LogP contribution in [0.5, 0.6) is 0 Å². The molecule has 0 radical (unpaired) electrons. The van der Waals surface area contributed by atoms with Gasteiger partial charge in [-0.05, 0) is 27.7 Å². The summed E-state index contributed by atoms with van der Waals surface area (Å²) in [6.07, 6.45) is 0.317. The first kappa shape index (κ1) is 16.0. The second-order valence-corrected chi connectivity index (χ2v) is 5.82. The first-order valence-electron chi connectivity index (χ1n) is 6.52. The molecule has 1 heterocycles. The van der Waals surface area contributed by atoms with Crippen molar-refractivity contribution in [2.75, 3.05) is 0 Å². The number of rotatable bonds is 5. The molecule has 0 bridgehead atoms. The molecule has 1 aliphatic rings. The molecular weight excluding hydrogens is 247 g/mol. The van der Waals surface area contributed by atoms with Crippen molar-refractivity contribution in [3.8, 4) is 0 Å². The number of hydrogen-bond acceptors (Lipinski definition) is 4. The van der Waals surface area contributed by atoms with Crippen LogP contribution < -0.4 is 11.1 Å². The fraction of sp³-hybridized carbons (Fsp3) is 0.833. The molecule has 0 saturated carbocycles. The zero-order chi connectivity index (χ0) is 14.8. The van der Waals surface area contributed by atoms with Crippen molar-refractivity contribution in [1.82, 2.24) is 5.32 Å². The van der Waals surface area contributed by atoms with Gasteiger partial charge in [0.2, 0.25) is 11.8 Å². The molecule has 3 N–H and O–H groups in total. The minimum Gasteiger partial charge on any atom is -0.402 e. The van der Waals surface area contributed by atoms with E-state index in [0.717, 1.165) is 0 Å². The van der Waals surface area contributed by atoms with E-state index in [2.05, 4.69) is 5.32 Å². The van der Waals surface area contributed by atoms with E-state index in [4.69, 9.17) is 15.0 Å². The molecule has 0 unspecified atom stereocenters. The lowest BCUT2D eigenvalue weighted by atomic mass is 9.76. The van der Waals surface area contributed by atoms with Crippen LogP contribution in [0.4, 0.5) is 0 Å². The molecule has 0 aliphatic carbocycles. The summed E-state index contributed by atoms with van der Waals surface area (Å²) in [6.45, 7) is 9.39. The third-order valence-corrected chi connectivity index (χ3v) is 3.69. The van der Waals surface area contributed by atoms with E-state index in [-0.39, 0.29) is 12.3 Å². The highest BCUT2D eigenvalue weighted by Gasteiger charge is 2.54. The van der Waals surface area contributed by atoms with Gasteiger partial charge in [0.15, 0.2) is 0 Å². The Morgan fingerprint density at radius 1 is 1.21 bits per heavy atom. The average Bonchev–Trinajstić information content (AvgIpc) is 2.46. The summed E-state index contributed by atoms with van der Waals surface area (Å²) in [5.41, 5.74) is 4.19. The maximum atomic E-state index is 11.5. The summed E-state index contributed by atoms with van der Waals surface area (Å²) < 4.78 is 11.7. The highest BCUT2D eigenvalue weighted by molar-refractivity contribution is 6.48. The van der Waals surface area contributed by atoms with E-state index >= 15 is 0 Å². The molecular formula is C12H23BN2O4. The van der Waals surface area contributed by atoms with Crippen molar-refractivity contribution in [3.63, 3.8) is 0 Å². The second kappa shape index (κ2) is 5.50. The van der Waals surface area contributed by atoms with Gasteiger partial charge in [0.1, 0.15) is 0 Å². The number of carbonyl (C=O) groups is 2. The summed E-state index contributed by atoms with van der Waals surface area (Å²) >= 11 is 0. The minimum atomic E-state index is -0.673. The normalized spacial score (nSPS) is 22.1. The number of carbonyl (C=O) groups excluding carboxylic acids is 2. The Morgan fingerprint density at radius 3 is 2.05 bits per heavy atom. The molecule has 1 aliphatic heterocycles. The largest absolute Gasteiger partial charge is 0.482 e. The standard InChI is InChI=1S/C12H23BN2O4/c1-6-10(17)15-8(7-9(14)16)13-18-11(2,3)12(4,5)19-13/h8H,6-7H2,1-5H3,(H2,14,16)(H,15,17)/t8-/m0/s1. The van der Waals surface area contributed by atoms with Crippen LogP contribution in [0.15, 0.2) is 0 Å². The molecule has 108 valence electrons. The predicted octanol–water partition coefficient (Wildman–Crippen LogP) is 0.388. The molecule has 7 heteroatoms. The smallest absolute Gasteiger partial charge is 0.402 e. The highest BCUT2D eigenvalue weighted by atomic mass is 16.7. The van der Waals surface area contributed by atoms with Crippen LogP contribution in [0.1, 0.15) is 47.5 Å². The number of nitrogens with two attached hydrogens (primary N) is 1. The number of hydrogen-bond donors (Lipinski definition) is 2. The van der Waals surface area contributed by atoms with E-state index in [9.17, 15) is 9.59 Å². The molecule has 2 amide bonds. The molecule has 0 aromatic heterocycles. The van der Waals surface area contributed by atoms with Crippen molar-refractivity contribution in [2.45, 2.75) is 64.6 Å². The Kier molecular flexibility index (Phi) is 4.63. The van der Waals surface area contributed by atoms with E-state index in [1.165, 1.54) is 0 Å². The first-order chi connectivity index (χ1) is 8.59. The predicted molar refractivity (Wildman–Crippen MR) is 72.1 cm³/mol. The average molecular weight is 270 g/mol. The van der Waals surface area contributed by atoms with Crippen molar-refractivity contribution in [3.05, 3.63) is 0 Å². The lowest BCUT2D eigenvalue weighted by Gasteiger charge is -2.32.